The van der Waals surface area contributed by atoms with Gasteiger partial charge in [-0.05, 0) is 18.9 Å². The third kappa shape index (κ3) is 1.25. The zero-order valence-electron chi connectivity index (χ0n) is 8.60. The molecule has 2 aromatic rings. The maximum Gasteiger partial charge on any atom is 0.223 e. The molecule has 16 heavy (non-hydrogen) atoms. The van der Waals surface area contributed by atoms with Gasteiger partial charge in [-0.25, -0.2) is 4.98 Å². The van der Waals surface area contributed by atoms with Crippen molar-refractivity contribution in [2.75, 3.05) is 5.73 Å². The Hall–Kier alpha value is -2.04. The molecule has 2 heterocycles. The molecule has 3 N–H and O–H groups in total. The minimum absolute atomic E-state index is 0.0171. The molecule has 3 rings (SSSR count). The number of rotatable bonds is 0. The van der Waals surface area contributed by atoms with Crippen LogP contribution in [-0.2, 0) is 12.8 Å². The summed E-state index contributed by atoms with van der Waals surface area (Å²) in [6.07, 6.45) is 4.13. The molecule has 0 atom stereocenters. The molecule has 0 fully saturated rings. The van der Waals surface area contributed by atoms with Crippen LogP contribution < -0.4 is 5.73 Å². The molecule has 5 heteroatoms. The second-order valence-corrected chi connectivity index (χ2v) is 3.84. The number of hydrogen-bond acceptors (Lipinski definition) is 5. The summed E-state index contributed by atoms with van der Waals surface area (Å²) in [5.74, 6) is 0.970. The van der Waals surface area contributed by atoms with Crippen molar-refractivity contribution in [3.05, 3.63) is 23.7 Å². The van der Waals surface area contributed by atoms with Crippen LogP contribution in [0.3, 0.4) is 0 Å². The van der Waals surface area contributed by atoms with Crippen molar-refractivity contribution in [3.63, 3.8) is 0 Å². The first-order chi connectivity index (χ1) is 7.75. The average molecular weight is 217 g/mol. The summed E-state index contributed by atoms with van der Waals surface area (Å²) >= 11 is 0. The highest BCUT2D eigenvalue weighted by molar-refractivity contribution is 5.68. The van der Waals surface area contributed by atoms with Crippen LogP contribution in [0.25, 0.3) is 11.3 Å². The van der Waals surface area contributed by atoms with Gasteiger partial charge in [-0.2, -0.15) is 4.98 Å². The second kappa shape index (κ2) is 3.23. The monoisotopic (exact) mass is 217 g/mol. The lowest BCUT2D eigenvalue weighted by atomic mass is 10.1. The van der Waals surface area contributed by atoms with Crippen molar-refractivity contribution < 1.29 is 9.52 Å². The second-order valence-electron chi connectivity index (χ2n) is 3.84. The lowest BCUT2D eigenvalue weighted by molar-refractivity contribution is 0.444. The number of aromatic nitrogens is 2. The first-order valence-corrected chi connectivity index (χ1v) is 5.18. The van der Waals surface area contributed by atoms with Gasteiger partial charge in [0.2, 0.25) is 11.8 Å². The van der Waals surface area contributed by atoms with Crippen molar-refractivity contribution >= 4 is 5.95 Å². The maximum absolute atomic E-state index is 9.76. The number of anilines is 1. The molecule has 1 aliphatic carbocycles. The molecule has 0 saturated carbocycles. The Morgan fingerprint density at radius 2 is 2.19 bits per heavy atom. The zero-order chi connectivity index (χ0) is 11.1. The molecule has 0 unspecified atom stereocenters. The number of furan rings is 1. The number of fused-ring (bicyclic) bond motifs is 3. The first-order valence-electron chi connectivity index (χ1n) is 5.18. The van der Waals surface area contributed by atoms with Crippen LogP contribution in [-0.4, -0.2) is 15.1 Å². The molecule has 1 aliphatic rings. The molecule has 0 spiro atoms. The number of aryl methyl sites for hydroxylation is 1. The Kier molecular flexibility index (Phi) is 1.86. The Bertz CT molecular complexity index is 548. The van der Waals surface area contributed by atoms with E-state index in [-0.39, 0.29) is 11.8 Å². The quantitative estimate of drug-likeness (QED) is 0.698. The Morgan fingerprint density at radius 1 is 1.31 bits per heavy atom. The van der Waals surface area contributed by atoms with E-state index in [9.17, 15) is 5.11 Å². The minimum Gasteiger partial charge on any atom is -0.493 e. The fourth-order valence-electron chi connectivity index (χ4n) is 2.11. The highest BCUT2D eigenvalue weighted by atomic mass is 16.3. The predicted molar refractivity (Wildman–Crippen MR) is 57.8 cm³/mol. The minimum atomic E-state index is -0.0171. The maximum atomic E-state index is 9.76. The van der Waals surface area contributed by atoms with E-state index < -0.39 is 0 Å². The van der Waals surface area contributed by atoms with Gasteiger partial charge in [0, 0.05) is 17.5 Å². The van der Waals surface area contributed by atoms with Crippen molar-refractivity contribution in [2.45, 2.75) is 19.3 Å². The lowest BCUT2D eigenvalue weighted by Crippen LogP contribution is -2.00. The molecule has 5 nitrogen and oxygen atoms in total. The molecule has 82 valence electrons. The van der Waals surface area contributed by atoms with Gasteiger partial charge in [0.1, 0.15) is 5.76 Å². The SMILES string of the molecule is Nc1nc(O)c2c(n1)-c1ccoc1CCC2. The topological polar surface area (TPSA) is 85.2 Å². The van der Waals surface area contributed by atoms with E-state index in [1.54, 1.807) is 6.26 Å². The summed E-state index contributed by atoms with van der Waals surface area (Å²) in [5, 5.41) is 9.76. The third-order valence-electron chi connectivity index (χ3n) is 2.83. The Labute approximate surface area is 91.9 Å². The van der Waals surface area contributed by atoms with Crippen LogP contribution in [0.4, 0.5) is 5.95 Å². The van der Waals surface area contributed by atoms with Gasteiger partial charge in [-0.3, -0.25) is 0 Å². The van der Waals surface area contributed by atoms with Crippen LogP contribution >= 0.6 is 0 Å². The van der Waals surface area contributed by atoms with E-state index in [4.69, 9.17) is 10.2 Å². The van der Waals surface area contributed by atoms with E-state index in [1.165, 1.54) is 0 Å². The molecule has 0 radical (unpaired) electrons. The van der Waals surface area contributed by atoms with Crippen LogP contribution in [0, 0.1) is 0 Å². The zero-order valence-corrected chi connectivity index (χ0v) is 8.60. The standard InChI is InChI=1S/C11H11N3O2/c12-11-13-9-6-4-5-16-8(6)3-1-2-7(9)10(15)14-11/h4-5H,1-3H2,(H3,12,13,14,15). The third-order valence-corrected chi connectivity index (χ3v) is 2.83. The van der Waals surface area contributed by atoms with Crippen LogP contribution in [0.15, 0.2) is 16.7 Å². The molecule has 0 saturated heterocycles. The summed E-state index contributed by atoms with van der Waals surface area (Å²) < 4.78 is 5.39. The summed E-state index contributed by atoms with van der Waals surface area (Å²) in [5.41, 5.74) is 7.92. The molecule has 0 amide bonds. The molecule has 0 bridgehead atoms. The highest BCUT2D eigenvalue weighted by Crippen LogP contribution is 2.35. The van der Waals surface area contributed by atoms with Gasteiger partial charge in [0.05, 0.1) is 12.0 Å². The van der Waals surface area contributed by atoms with Gasteiger partial charge < -0.3 is 15.3 Å². The largest absolute Gasteiger partial charge is 0.493 e. The van der Waals surface area contributed by atoms with Gasteiger partial charge in [-0.15, -0.1) is 0 Å². The van der Waals surface area contributed by atoms with Gasteiger partial charge in [-0.1, -0.05) is 0 Å². The normalized spacial score (nSPS) is 14.0. The van der Waals surface area contributed by atoms with Crippen molar-refractivity contribution in [1.29, 1.82) is 0 Å². The van der Waals surface area contributed by atoms with Crippen LogP contribution in [0.5, 0.6) is 5.88 Å². The highest BCUT2D eigenvalue weighted by Gasteiger charge is 2.21. The summed E-state index contributed by atoms with van der Waals surface area (Å²) in [4.78, 5) is 7.97. The molecule has 0 aliphatic heterocycles. The first kappa shape index (κ1) is 9.21. The number of aromatic hydroxyl groups is 1. The van der Waals surface area contributed by atoms with Crippen LogP contribution in [0.1, 0.15) is 17.7 Å². The van der Waals surface area contributed by atoms with Crippen LogP contribution in [0.2, 0.25) is 0 Å². The smallest absolute Gasteiger partial charge is 0.223 e. The molecule has 0 aromatic carbocycles. The Morgan fingerprint density at radius 3 is 3.06 bits per heavy atom. The van der Waals surface area contributed by atoms with E-state index in [0.29, 0.717) is 5.69 Å². The molecule has 2 aromatic heterocycles. The summed E-state index contributed by atoms with van der Waals surface area (Å²) in [6.45, 7) is 0. The summed E-state index contributed by atoms with van der Waals surface area (Å²) in [7, 11) is 0. The molecular formula is C11H11N3O2. The lowest BCUT2D eigenvalue weighted by Gasteiger charge is -2.06. The van der Waals surface area contributed by atoms with E-state index in [1.807, 2.05) is 6.07 Å². The number of nitrogens with two attached hydrogens (primary N) is 1. The fraction of sp³-hybridized carbons (Fsp3) is 0.273. The van der Waals surface area contributed by atoms with Gasteiger partial charge in [0.25, 0.3) is 0 Å². The fourth-order valence-corrected chi connectivity index (χ4v) is 2.11. The average Bonchev–Trinajstić information content (AvgIpc) is 2.62. The summed E-state index contributed by atoms with van der Waals surface area (Å²) in [6, 6.07) is 1.85. The van der Waals surface area contributed by atoms with E-state index in [0.717, 1.165) is 36.1 Å². The number of nitrogens with zero attached hydrogens (tertiary/aromatic N) is 2. The predicted octanol–water partition coefficient (Wildman–Crippen LogP) is 1.51. The van der Waals surface area contributed by atoms with Gasteiger partial charge >= 0.3 is 0 Å². The van der Waals surface area contributed by atoms with Crippen molar-refractivity contribution in [3.8, 4) is 17.1 Å². The molecular weight excluding hydrogens is 206 g/mol. The van der Waals surface area contributed by atoms with Crippen molar-refractivity contribution in [1.82, 2.24) is 9.97 Å². The number of hydrogen-bond donors (Lipinski definition) is 2. The van der Waals surface area contributed by atoms with E-state index >= 15 is 0 Å². The van der Waals surface area contributed by atoms with E-state index in [2.05, 4.69) is 9.97 Å². The van der Waals surface area contributed by atoms with Crippen molar-refractivity contribution in [2.24, 2.45) is 0 Å². The number of nitrogen functional groups attached to an aromatic ring is 1. The van der Waals surface area contributed by atoms with Gasteiger partial charge in [0.15, 0.2) is 0 Å². The Balaban J connectivity index is 2.31.